The van der Waals surface area contributed by atoms with E-state index in [2.05, 4.69) is 5.32 Å². The van der Waals surface area contributed by atoms with E-state index in [0.29, 0.717) is 6.42 Å². The normalized spacial score (nSPS) is 22.7. The van der Waals surface area contributed by atoms with Gasteiger partial charge in [-0.15, -0.1) is 0 Å². The minimum absolute atomic E-state index is 0.117. The molecule has 0 radical (unpaired) electrons. The number of rotatable bonds is 5. The van der Waals surface area contributed by atoms with Crippen molar-refractivity contribution in [2.24, 2.45) is 5.92 Å². The number of ether oxygens (including phenoxy) is 1. The van der Waals surface area contributed by atoms with Crippen LogP contribution in [-0.4, -0.2) is 30.1 Å². The van der Waals surface area contributed by atoms with E-state index in [1.54, 1.807) is 7.11 Å². The van der Waals surface area contributed by atoms with E-state index in [0.717, 1.165) is 37.0 Å². The summed E-state index contributed by atoms with van der Waals surface area (Å²) in [4.78, 5) is 24.0. The second kappa shape index (κ2) is 7.99. The first-order chi connectivity index (χ1) is 11.0. The molecule has 1 aliphatic carbocycles. The van der Waals surface area contributed by atoms with Crippen molar-refractivity contribution >= 4 is 11.9 Å². The number of carboxylic acid groups (broad SMARTS) is 1. The highest BCUT2D eigenvalue weighted by atomic mass is 16.5. The van der Waals surface area contributed by atoms with Crippen LogP contribution in [0, 0.1) is 5.92 Å². The molecule has 1 amide bonds. The number of nitrogens with one attached hydrogen (secondary N) is 1. The van der Waals surface area contributed by atoms with Gasteiger partial charge in [0, 0.05) is 6.04 Å². The maximum atomic E-state index is 12.5. The van der Waals surface area contributed by atoms with Crippen LogP contribution >= 0.6 is 0 Å². The Hall–Kier alpha value is -2.04. The summed E-state index contributed by atoms with van der Waals surface area (Å²) in [7, 11) is 1.60. The molecule has 3 atom stereocenters. The van der Waals surface area contributed by atoms with Crippen LogP contribution in [0.15, 0.2) is 24.3 Å². The van der Waals surface area contributed by atoms with E-state index in [4.69, 9.17) is 4.74 Å². The molecule has 1 aromatic rings. The molecule has 0 spiro atoms. The molecule has 0 aliphatic heterocycles. The first kappa shape index (κ1) is 17.3. The van der Waals surface area contributed by atoms with Crippen molar-refractivity contribution in [2.45, 2.75) is 51.0 Å². The predicted octanol–water partition coefficient (Wildman–Crippen LogP) is 2.95. The quantitative estimate of drug-likeness (QED) is 0.818. The molecule has 5 heteroatoms. The lowest BCUT2D eigenvalue weighted by molar-refractivity contribution is -0.143. The molecule has 2 N–H and O–H groups in total. The Balaban J connectivity index is 2.04. The van der Waals surface area contributed by atoms with E-state index in [-0.39, 0.29) is 17.9 Å². The Morgan fingerprint density at radius 2 is 1.83 bits per heavy atom. The Kier molecular flexibility index (Phi) is 6.02. The van der Waals surface area contributed by atoms with Gasteiger partial charge in [0.1, 0.15) is 5.75 Å². The van der Waals surface area contributed by atoms with Gasteiger partial charge in [-0.2, -0.15) is 0 Å². The van der Waals surface area contributed by atoms with Crippen LogP contribution in [0.5, 0.6) is 5.75 Å². The standard InChI is InChI=1S/C18H25NO4/c1-12(13-8-10-14(23-2)11-9-13)17(20)19-16-7-5-3-4-6-15(16)18(21)22/h8-12,15-16H,3-7H2,1-2H3,(H,19,20)(H,21,22)/t12?,15-,16+/m1/s1. The molecule has 0 heterocycles. The van der Waals surface area contributed by atoms with Gasteiger partial charge in [0.25, 0.3) is 0 Å². The molecular weight excluding hydrogens is 294 g/mol. The molecule has 5 nitrogen and oxygen atoms in total. The fourth-order valence-corrected chi connectivity index (χ4v) is 3.13. The lowest BCUT2D eigenvalue weighted by Gasteiger charge is -2.24. The van der Waals surface area contributed by atoms with Crippen LogP contribution in [0.4, 0.5) is 0 Å². The summed E-state index contributed by atoms with van der Waals surface area (Å²) < 4.78 is 5.12. The third-order valence-corrected chi connectivity index (χ3v) is 4.67. The molecule has 1 aromatic carbocycles. The summed E-state index contributed by atoms with van der Waals surface area (Å²) in [6.07, 6.45) is 4.28. The first-order valence-corrected chi connectivity index (χ1v) is 8.20. The summed E-state index contributed by atoms with van der Waals surface area (Å²) in [5, 5.41) is 12.4. The molecule has 23 heavy (non-hydrogen) atoms. The number of carbonyl (C=O) groups is 2. The van der Waals surface area contributed by atoms with E-state index in [1.165, 1.54) is 0 Å². The highest BCUT2D eigenvalue weighted by Gasteiger charge is 2.31. The molecule has 126 valence electrons. The lowest BCUT2D eigenvalue weighted by atomic mass is 9.93. The Labute approximate surface area is 137 Å². The second-order valence-corrected chi connectivity index (χ2v) is 6.19. The average molecular weight is 319 g/mol. The molecule has 1 unspecified atom stereocenters. The zero-order valence-corrected chi connectivity index (χ0v) is 13.7. The number of hydrogen-bond acceptors (Lipinski definition) is 3. The maximum absolute atomic E-state index is 12.5. The minimum Gasteiger partial charge on any atom is -0.497 e. The number of methoxy groups -OCH3 is 1. The van der Waals surface area contributed by atoms with Gasteiger partial charge in [0.05, 0.1) is 18.9 Å². The molecular formula is C18H25NO4. The molecule has 0 saturated heterocycles. The van der Waals surface area contributed by atoms with Gasteiger partial charge < -0.3 is 15.2 Å². The van der Waals surface area contributed by atoms with Crippen LogP contribution in [0.25, 0.3) is 0 Å². The van der Waals surface area contributed by atoms with E-state index in [1.807, 2.05) is 31.2 Å². The Morgan fingerprint density at radius 3 is 2.43 bits per heavy atom. The zero-order chi connectivity index (χ0) is 16.8. The number of carboxylic acids is 1. The van der Waals surface area contributed by atoms with Crippen LogP contribution < -0.4 is 10.1 Å². The van der Waals surface area contributed by atoms with Crippen LogP contribution in [0.3, 0.4) is 0 Å². The number of amides is 1. The Bertz CT molecular complexity index is 540. The van der Waals surface area contributed by atoms with E-state index in [9.17, 15) is 14.7 Å². The smallest absolute Gasteiger partial charge is 0.308 e. The summed E-state index contributed by atoms with van der Waals surface area (Å²) in [6.45, 7) is 1.84. The van der Waals surface area contributed by atoms with Gasteiger partial charge in [0.2, 0.25) is 5.91 Å². The van der Waals surface area contributed by atoms with E-state index >= 15 is 0 Å². The average Bonchev–Trinajstić information content (AvgIpc) is 2.79. The number of benzene rings is 1. The fraction of sp³-hybridized carbons (Fsp3) is 0.556. The monoisotopic (exact) mass is 319 g/mol. The van der Waals surface area contributed by atoms with Gasteiger partial charge in [0.15, 0.2) is 0 Å². The molecule has 2 rings (SSSR count). The summed E-state index contributed by atoms with van der Waals surface area (Å²) in [6, 6.07) is 7.11. The van der Waals surface area contributed by atoms with Crippen LogP contribution in [-0.2, 0) is 9.59 Å². The van der Waals surface area contributed by atoms with Crippen molar-refractivity contribution in [3.63, 3.8) is 0 Å². The molecule has 1 saturated carbocycles. The summed E-state index contributed by atoms with van der Waals surface area (Å²) in [5.41, 5.74) is 0.892. The second-order valence-electron chi connectivity index (χ2n) is 6.19. The number of carbonyl (C=O) groups excluding carboxylic acids is 1. The minimum atomic E-state index is -0.811. The first-order valence-electron chi connectivity index (χ1n) is 8.20. The molecule has 1 fully saturated rings. The summed E-state index contributed by atoms with van der Waals surface area (Å²) >= 11 is 0. The fourth-order valence-electron chi connectivity index (χ4n) is 3.13. The van der Waals surface area contributed by atoms with Gasteiger partial charge in [-0.05, 0) is 37.5 Å². The van der Waals surface area contributed by atoms with Gasteiger partial charge in [-0.25, -0.2) is 0 Å². The maximum Gasteiger partial charge on any atom is 0.308 e. The van der Waals surface area contributed by atoms with Crippen molar-refractivity contribution < 1.29 is 19.4 Å². The van der Waals surface area contributed by atoms with Crippen LogP contribution in [0.2, 0.25) is 0 Å². The predicted molar refractivity (Wildman–Crippen MR) is 87.6 cm³/mol. The van der Waals surface area contributed by atoms with Gasteiger partial charge >= 0.3 is 5.97 Å². The topological polar surface area (TPSA) is 75.6 Å². The summed E-state index contributed by atoms with van der Waals surface area (Å²) in [5.74, 6) is -0.984. The third-order valence-electron chi connectivity index (χ3n) is 4.67. The lowest BCUT2D eigenvalue weighted by Crippen LogP contribution is -2.44. The van der Waals surface area contributed by atoms with Gasteiger partial charge in [-0.1, -0.05) is 31.4 Å². The Morgan fingerprint density at radius 1 is 1.17 bits per heavy atom. The van der Waals surface area contributed by atoms with Crippen molar-refractivity contribution in [1.82, 2.24) is 5.32 Å². The van der Waals surface area contributed by atoms with Crippen molar-refractivity contribution in [2.75, 3.05) is 7.11 Å². The zero-order valence-electron chi connectivity index (χ0n) is 13.7. The van der Waals surface area contributed by atoms with Crippen molar-refractivity contribution in [1.29, 1.82) is 0 Å². The molecule has 0 bridgehead atoms. The largest absolute Gasteiger partial charge is 0.497 e. The van der Waals surface area contributed by atoms with Crippen LogP contribution in [0.1, 0.15) is 50.5 Å². The molecule has 1 aliphatic rings. The van der Waals surface area contributed by atoms with Gasteiger partial charge in [-0.3, -0.25) is 9.59 Å². The van der Waals surface area contributed by atoms with Crippen molar-refractivity contribution in [3.8, 4) is 5.75 Å². The SMILES string of the molecule is COc1ccc(C(C)C(=O)N[C@H]2CCCCC[C@H]2C(=O)O)cc1. The van der Waals surface area contributed by atoms with E-state index < -0.39 is 11.9 Å². The number of aliphatic carboxylic acids is 1. The highest BCUT2D eigenvalue weighted by molar-refractivity contribution is 5.84. The highest BCUT2D eigenvalue weighted by Crippen LogP contribution is 2.25. The third kappa shape index (κ3) is 4.47. The molecule has 0 aromatic heterocycles. The number of hydrogen-bond donors (Lipinski definition) is 2. The van der Waals surface area contributed by atoms with Crippen molar-refractivity contribution in [3.05, 3.63) is 29.8 Å².